The van der Waals surface area contributed by atoms with Crippen molar-refractivity contribution < 1.29 is 27.4 Å². The van der Waals surface area contributed by atoms with Crippen LogP contribution < -0.4 is 11.2 Å². The summed E-state index contributed by atoms with van der Waals surface area (Å²) in [5.41, 5.74) is -2.67. The zero-order valence-corrected chi connectivity index (χ0v) is 10.6. The Labute approximate surface area is 115 Å². The molecule has 1 fully saturated rings. The van der Waals surface area contributed by atoms with E-state index in [-0.39, 0.29) is 4.57 Å². The Hall–Kier alpha value is -1.68. The lowest BCUT2D eigenvalue weighted by Gasteiger charge is -2.18. The van der Waals surface area contributed by atoms with Crippen LogP contribution >= 0.6 is 0 Å². The molecule has 0 radical (unpaired) electrons. The average molecular weight is 312 g/mol. The molecule has 0 amide bonds. The van der Waals surface area contributed by atoms with Gasteiger partial charge in [0.25, 0.3) is 5.56 Å². The van der Waals surface area contributed by atoms with E-state index in [1.807, 2.05) is 0 Å². The van der Waals surface area contributed by atoms with Gasteiger partial charge in [0.1, 0.15) is 6.23 Å². The molecule has 0 bridgehead atoms. The van der Waals surface area contributed by atoms with Crippen LogP contribution in [0.15, 0.2) is 15.8 Å². The maximum absolute atomic E-state index is 13.5. The highest BCUT2D eigenvalue weighted by molar-refractivity contribution is 4.92. The van der Waals surface area contributed by atoms with Gasteiger partial charge in [-0.1, -0.05) is 0 Å². The number of rotatable bonds is 3. The summed E-state index contributed by atoms with van der Waals surface area (Å²) in [6.07, 6.45) is -7.21. The van der Waals surface area contributed by atoms with Crippen LogP contribution in [0.3, 0.4) is 0 Å². The Morgan fingerprint density at radius 2 is 2.10 bits per heavy atom. The van der Waals surface area contributed by atoms with E-state index in [4.69, 9.17) is 9.84 Å². The van der Waals surface area contributed by atoms with Crippen LogP contribution in [0, 0.1) is 5.82 Å². The number of aliphatic hydroxyl groups is 1. The van der Waals surface area contributed by atoms with Crippen LogP contribution in [0.1, 0.15) is 19.1 Å². The standard InChI is InChI=1S/C11H12F4N2O4/c12-6-4-16(8-2-1-3-21-8)10(20)17(9(6)19)5-7(18)11(13,14)15/h4,7-8,18H,1-3,5H2/t7-,8+/m0/s1. The van der Waals surface area contributed by atoms with Gasteiger partial charge >= 0.3 is 11.9 Å². The molecule has 1 N–H and O–H groups in total. The summed E-state index contributed by atoms with van der Waals surface area (Å²) in [6.45, 7) is -1.05. The third-order valence-electron chi connectivity index (χ3n) is 3.10. The summed E-state index contributed by atoms with van der Waals surface area (Å²) in [4.78, 5) is 23.5. The van der Waals surface area contributed by atoms with Crippen molar-refractivity contribution in [3.63, 3.8) is 0 Å². The number of alkyl halides is 3. The monoisotopic (exact) mass is 312 g/mol. The molecule has 0 aliphatic carbocycles. The van der Waals surface area contributed by atoms with E-state index in [2.05, 4.69) is 0 Å². The molecule has 1 aliphatic rings. The molecule has 6 nitrogen and oxygen atoms in total. The number of aliphatic hydroxyl groups excluding tert-OH is 1. The van der Waals surface area contributed by atoms with Crippen molar-refractivity contribution in [2.45, 2.75) is 37.9 Å². The van der Waals surface area contributed by atoms with Crippen LogP contribution in [-0.2, 0) is 11.3 Å². The molecule has 1 aromatic rings. The van der Waals surface area contributed by atoms with Crippen LogP contribution in [-0.4, -0.2) is 33.1 Å². The highest BCUT2D eigenvalue weighted by Gasteiger charge is 2.39. The first-order valence-electron chi connectivity index (χ1n) is 6.09. The van der Waals surface area contributed by atoms with Gasteiger partial charge in [-0.05, 0) is 12.8 Å². The van der Waals surface area contributed by atoms with Crippen molar-refractivity contribution >= 4 is 0 Å². The lowest BCUT2D eigenvalue weighted by molar-refractivity contribution is -0.207. The Kier molecular flexibility index (Phi) is 4.19. The van der Waals surface area contributed by atoms with Gasteiger partial charge in [-0.15, -0.1) is 0 Å². The predicted octanol–water partition coefficient (Wildman–Crippen LogP) is 0.381. The molecule has 0 saturated carbocycles. The number of halogens is 4. The van der Waals surface area contributed by atoms with E-state index in [0.717, 1.165) is 4.57 Å². The SMILES string of the molecule is O=c1c(F)cn([C@H]2CCCO2)c(=O)n1C[C@H](O)C(F)(F)F. The Morgan fingerprint density at radius 1 is 1.43 bits per heavy atom. The average Bonchev–Trinajstić information content (AvgIpc) is 2.91. The number of hydrogen-bond donors (Lipinski definition) is 1. The minimum atomic E-state index is -5.02. The fourth-order valence-electron chi connectivity index (χ4n) is 2.01. The van der Waals surface area contributed by atoms with Gasteiger partial charge in [0.15, 0.2) is 6.10 Å². The largest absolute Gasteiger partial charge is 0.416 e. The normalized spacial score (nSPS) is 20.7. The number of aromatic nitrogens is 2. The van der Waals surface area contributed by atoms with Crippen LogP contribution in [0.2, 0.25) is 0 Å². The fraction of sp³-hybridized carbons (Fsp3) is 0.636. The van der Waals surface area contributed by atoms with Gasteiger partial charge in [0.05, 0.1) is 12.7 Å². The summed E-state index contributed by atoms with van der Waals surface area (Å²) >= 11 is 0. The summed E-state index contributed by atoms with van der Waals surface area (Å²) in [5.74, 6) is -1.39. The molecule has 0 spiro atoms. The summed E-state index contributed by atoms with van der Waals surface area (Å²) < 4.78 is 56.3. The molecule has 1 aliphatic heterocycles. The Balaban J connectivity index is 2.45. The molecule has 2 heterocycles. The third-order valence-corrected chi connectivity index (χ3v) is 3.10. The van der Waals surface area contributed by atoms with E-state index >= 15 is 0 Å². The molecule has 1 saturated heterocycles. The van der Waals surface area contributed by atoms with Crippen molar-refractivity contribution in [2.75, 3.05) is 6.61 Å². The first-order valence-corrected chi connectivity index (χ1v) is 6.09. The summed E-state index contributed by atoms with van der Waals surface area (Å²) in [6, 6.07) is 0. The van der Waals surface area contributed by atoms with Crippen LogP contribution in [0.5, 0.6) is 0 Å². The highest BCUT2D eigenvalue weighted by Crippen LogP contribution is 2.22. The topological polar surface area (TPSA) is 73.5 Å². The van der Waals surface area contributed by atoms with Crippen LogP contribution in [0.25, 0.3) is 0 Å². The first kappa shape index (κ1) is 15.7. The zero-order chi connectivity index (χ0) is 15.8. The summed E-state index contributed by atoms with van der Waals surface area (Å²) in [7, 11) is 0. The quantitative estimate of drug-likeness (QED) is 0.819. The molecule has 10 heteroatoms. The van der Waals surface area contributed by atoms with Crippen molar-refractivity contribution in [3.8, 4) is 0 Å². The third kappa shape index (κ3) is 3.16. The second-order valence-electron chi connectivity index (χ2n) is 4.61. The van der Waals surface area contributed by atoms with E-state index in [1.54, 1.807) is 0 Å². The van der Waals surface area contributed by atoms with E-state index in [9.17, 15) is 27.2 Å². The minimum Gasteiger partial charge on any atom is -0.382 e. The van der Waals surface area contributed by atoms with Gasteiger partial charge in [0.2, 0.25) is 5.82 Å². The van der Waals surface area contributed by atoms with E-state index < -0.39 is 42.1 Å². The molecule has 0 unspecified atom stereocenters. The minimum absolute atomic E-state index is 0.0230. The van der Waals surface area contributed by atoms with Gasteiger partial charge in [-0.2, -0.15) is 17.6 Å². The van der Waals surface area contributed by atoms with Gasteiger partial charge < -0.3 is 9.84 Å². The van der Waals surface area contributed by atoms with Crippen molar-refractivity contribution in [1.29, 1.82) is 0 Å². The second-order valence-corrected chi connectivity index (χ2v) is 4.61. The first-order chi connectivity index (χ1) is 9.71. The van der Waals surface area contributed by atoms with Crippen molar-refractivity contribution in [1.82, 2.24) is 9.13 Å². The molecule has 118 valence electrons. The molecule has 21 heavy (non-hydrogen) atoms. The van der Waals surface area contributed by atoms with E-state index in [1.165, 1.54) is 0 Å². The molecule has 2 rings (SSSR count). The smallest absolute Gasteiger partial charge is 0.382 e. The number of ether oxygens (including phenoxy) is 1. The Morgan fingerprint density at radius 3 is 2.62 bits per heavy atom. The van der Waals surface area contributed by atoms with Gasteiger partial charge in [-0.25, -0.2) is 4.79 Å². The zero-order valence-electron chi connectivity index (χ0n) is 10.6. The van der Waals surface area contributed by atoms with Crippen molar-refractivity contribution in [2.24, 2.45) is 0 Å². The fourth-order valence-corrected chi connectivity index (χ4v) is 2.01. The molecular weight excluding hydrogens is 300 g/mol. The van der Waals surface area contributed by atoms with E-state index in [0.29, 0.717) is 25.6 Å². The van der Waals surface area contributed by atoms with Gasteiger partial charge in [0, 0.05) is 6.61 Å². The number of nitrogens with zero attached hydrogens (tertiary/aromatic N) is 2. The highest BCUT2D eigenvalue weighted by atomic mass is 19.4. The molecule has 1 aromatic heterocycles. The second kappa shape index (κ2) is 5.60. The molecular formula is C11H12F4N2O4. The van der Waals surface area contributed by atoms with Gasteiger partial charge in [-0.3, -0.25) is 13.9 Å². The van der Waals surface area contributed by atoms with Crippen LogP contribution in [0.4, 0.5) is 17.6 Å². The lowest BCUT2D eigenvalue weighted by Crippen LogP contribution is -2.47. The predicted molar refractivity (Wildman–Crippen MR) is 61.2 cm³/mol. The maximum atomic E-state index is 13.5. The lowest BCUT2D eigenvalue weighted by atomic mass is 10.3. The van der Waals surface area contributed by atoms with Crippen molar-refractivity contribution in [3.05, 3.63) is 32.9 Å². The maximum Gasteiger partial charge on any atom is 0.416 e. The summed E-state index contributed by atoms with van der Waals surface area (Å²) in [5, 5.41) is 8.95. The molecule has 0 aromatic carbocycles. The Bertz CT molecular complexity index is 631. The molecule has 2 atom stereocenters. The number of hydrogen-bond acceptors (Lipinski definition) is 4.